The number of hydrogen-bond acceptors (Lipinski definition) is 4. The summed E-state index contributed by atoms with van der Waals surface area (Å²) in [6.45, 7) is 0. The molecule has 2 saturated carbocycles. The molecule has 0 unspecified atom stereocenters. The van der Waals surface area contributed by atoms with Gasteiger partial charge in [0.15, 0.2) is 11.6 Å². The third-order valence-corrected chi connectivity index (χ3v) is 11.5. The van der Waals surface area contributed by atoms with E-state index in [1.54, 1.807) is 11.3 Å². The molecular formula is C33H23NO2S2. The minimum Gasteiger partial charge on any atom is -0.299 e. The average Bonchev–Trinajstić information content (AvgIpc) is 3.67. The van der Waals surface area contributed by atoms with Crippen LogP contribution in [0, 0.1) is 5.41 Å². The Morgan fingerprint density at radius 2 is 1.58 bits per heavy atom. The van der Waals surface area contributed by atoms with Crippen LogP contribution in [0.3, 0.4) is 0 Å². The Bertz CT molecular complexity index is 2160. The van der Waals surface area contributed by atoms with Crippen LogP contribution >= 0.6 is 22.7 Å². The van der Waals surface area contributed by atoms with Gasteiger partial charge in [-0.15, -0.1) is 22.7 Å². The highest BCUT2D eigenvalue weighted by Crippen LogP contribution is 2.50. The van der Waals surface area contributed by atoms with Gasteiger partial charge in [0.05, 0.1) is 21.3 Å². The van der Waals surface area contributed by atoms with E-state index in [9.17, 15) is 9.59 Å². The number of carbonyl (C=O) groups excluding carboxylic acids is 2. The normalized spacial score (nSPS) is 18.2. The molecule has 3 aromatic carbocycles. The van der Waals surface area contributed by atoms with E-state index in [1.165, 1.54) is 57.6 Å². The van der Waals surface area contributed by atoms with Gasteiger partial charge in [0.2, 0.25) is 0 Å². The van der Waals surface area contributed by atoms with Gasteiger partial charge < -0.3 is 0 Å². The van der Waals surface area contributed by atoms with Crippen molar-refractivity contribution in [2.24, 2.45) is 5.41 Å². The number of para-hydroxylation sites is 1. The summed E-state index contributed by atoms with van der Waals surface area (Å²) in [6.07, 6.45) is 7.29. The van der Waals surface area contributed by atoms with Crippen LogP contribution in [0.2, 0.25) is 0 Å². The van der Waals surface area contributed by atoms with Crippen molar-refractivity contribution in [2.75, 3.05) is 0 Å². The maximum Gasteiger partial charge on any atom is 0.167 e. The molecule has 2 aliphatic carbocycles. The molecule has 0 amide bonds. The molecule has 0 N–H and O–H groups in total. The highest BCUT2D eigenvalue weighted by atomic mass is 32.1. The topological polar surface area (TPSA) is 38.5 Å². The number of fused-ring (bicyclic) bond motifs is 8. The summed E-state index contributed by atoms with van der Waals surface area (Å²) in [5.41, 5.74) is 2.89. The smallest absolute Gasteiger partial charge is 0.167 e. The summed E-state index contributed by atoms with van der Waals surface area (Å²) in [4.78, 5) is 28.5. The van der Waals surface area contributed by atoms with Gasteiger partial charge in [-0.3, -0.25) is 14.0 Å². The minimum atomic E-state index is -0.0582. The number of thiophene rings is 2. The average molecular weight is 530 g/mol. The monoisotopic (exact) mass is 529 g/mol. The number of aromatic nitrogens is 1. The summed E-state index contributed by atoms with van der Waals surface area (Å²) in [7, 11) is 0. The molecule has 184 valence electrons. The van der Waals surface area contributed by atoms with Crippen molar-refractivity contribution in [3.05, 3.63) is 71.1 Å². The van der Waals surface area contributed by atoms with Crippen molar-refractivity contribution in [3.63, 3.8) is 0 Å². The molecule has 7 aromatic rings. The van der Waals surface area contributed by atoms with Crippen LogP contribution < -0.4 is 0 Å². The molecule has 0 aliphatic heterocycles. The molecular weight excluding hydrogens is 507 g/mol. The van der Waals surface area contributed by atoms with Gasteiger partial charge in [0.1, 0.15) is 4.83 Å². The van der Waals surface area contributed by atoms with Crippen molar-refractivity contribution >= 4 is 97.9 Å². The summed E-state index contributed by atoms with van der Waals surface area (Å²) >= 11 is 3.53. The highest BCUT2D eigenvalue weighted by Gasteiger charge is 2.43. The van der Waals surface area contributed by atoms with Crippen LogP contribution in [0.5, 0.6) is 0 Å². The van der Waals surface area contributed by atoms with Gasteiger partial charge in [-0.05, 0) is 47.2 Å². The van der Waals surface area contributed by atoms with Crippen LogP contribution in [0.25, 0.3) is 63.7 Å². The molecule has 38 heavy (non-hydrogen) atoms. The number of hydrogen-bond donors (Lipinski definition) is 0. The Hall–Kier alpha value is -3.54. The molecule has 0 atom stereocenters. The van der Waals surface area contributed by atoms with E-state index in [0.29, 0.717) is 18.4 Å². The van der Waals surface area contributed by atoms with Crippen LogP contribution in [-0.2, 0) is 9.59 Å². The molecule has 3 nitrogen and oxygen atoms in total. The SMILES string of the molecule is O=C1CC2(CCCC2)CC(=O)C1=Cc1cc2sc3c(c4cccc5ccc6c7ccccc7n3c6c54)c2s1. The van der Waals surface area contributed by atoms with Crippen molar-refractivity contribution in [2.45, 2.75) is 38.5 Å². The lowest BCUT2D eigenvalue weighted by Crippen LogP contribution is -2.33. The zero-order valence-electron chi connectivity index (χ0n) is 20.7. The van der Waals surface area contributed by atoms with Gasteiger partial charge in [0, 0.05) is 44.0 Å². The summed E-state index contributed by atoms with van der Waals surface area (Å²) in [6, 6.07) is 22.0. The van der Waals surface area contributed by atoms with E-state index in [2.05, 4.69) is 65.1 Å². The summed E-state index contributed by atoms with van der Waals surface area (Å²) in [5.74, 6) is 0.0867. The van der Waals surface area contributed by atoms with E-state index >= 15 is 0 Å². The van der Waals surface area contributed by atoms with Gasteiger partial charge in [0.25, 0.3) is 0 Å². The number of benzene rings is 3. The Kier molecular flexibility index (Phi) is 4.12. The van der Waals surface area contributed by atoms with E-state index < -0.39 is 0 Å². The van der Waals surface area contributed by atoms with Crippen molar-refractivity contribution in [1.82, 2.24) is 4.40 Å². The third kappa shape index (κ3) is 2.68. The fraction of sp³-hybridized carbons (Fsp3) is 0.212. The van der Waals surface area contributed by atoms with Crippen LogP contribution in [0.1, 0.15) is 43.4 Å². The van der Waals surface area contributed by atoms with E-state index in [-0.39, 0.29) is 17.0 Å². The van der Waals surface area contributed by atoms with Gasteiger partial charge in [-0.1, -0.05) is 61.4 Å². The van der Waals surface area contributed by atoms with Crippen molar-refractivity contribution < 1.29 is 9.59 Å². The predicted molar refractivity (Wildman–Crippen MR) is 160 cm³/mol. The number of carbonyl (C=O) groups is 2. The van der Waals surface area contributed by atoms with Crippen LogP contribution in [-0.4, -0.2) is 16.0 Å². The lowest BCUT2D eigenvalue weighted by molar-refractivity contribution is -0.128. The van der Waals surface area contributed by atoms with Gasteiger partial charge in [-0.2, -0.15) is 0 Å². The second-order valence-electron chi connectivity index (χ2n) is 11.3. The molecule has 9 rings (SSSR count). The number of ketones is 2. The quantitative estimate of drug-likeness (QED) is 0.157. The lowest BCUT2D eigenvalue weighted by Gasteiger charge is -2.32. The first-order valence-corrected chi connectivity index (χ1v) is 15.0. The molecule has 4 aromatic heterocycles. The standard InChI is InChI=1S/C33H23NO2S2/c35-25-16-33(12-3-4-13-33)17-26(36)23(25)14-19-15-27-31(37-19)29-22-8-5-6-18-10-11-21-20-7-1-2-9-24(20)34(32(29)38-27)30(21)28(18)22/h1-2,5-11,14-15H,3-4,12-13,16-17H2. The number of Topliss-reactive ketones (excluding diaryl/α,β-unsaturated/α-hetero) is 2. The molecule has 4 heterocycles. The highest BCUT2D eigenvalue weighted by molar-refractivity contribution is 7.33. The third-order valence-electron chi connectivity index (χ3n) is 9.14. The molecule has 1 spiro atoms. The first-order valence-electron chi connectivity index (χ1n) is 13.4. The van der Waals surface area contributed by atoms with E-state index in [4.69, 9.17) is 0 Å². The Morgan fingerprint density at radius 3 is 2.42 bits per heavy atom. The summed E-state index contributed by atoms with van der Waals surface area (Å²) < 4.78 is 4.92. The van der Waals surface area contributed by atoms with Gasteiger partial charge in [-0.25, -0.2) is 0 Å². The molecule has 5 heteroatoms. The lowest BCUT2D eigenvalue weighted by atomic mass is 9.70. The second kappa shape index (κ2) is 7.31. The van der Waals surface area contributed by atoms with Crippen molar-refractivity contribution in [1.29, 1.82) is 0 Å². The minimum absolute atomic E-state index is 0.0434. The fourth-order valence-corrected chi connectivity index (χ4v) is 10.1. The zero-order chi connectivity index (χ0) is 25.2. The van der Waals surface area contributed by atoms with Gasteiger partial charge >= 0.3 is 0 Å². The molecule has 2 aliphatic rings. The Morgan fingerprint density at radius 1 is 0.789 bits per heavy atom. The first kappa shape index (κ1) is 21.4. The van der Waals surface area contributed by atoms with E-state index in [1.807, 2.05) is 17.4 Å². The Balaban J connectivity index is 1.30. The zero-order valence-corrected chi connectivity index (χ0v) is 22.3. The molecule has 0 bridgehead atoms. The largest absolute Gasteiger partial charge is 0.299 e. The fourth-order valence-electron chi connectivity index (χ4n) is 7.48. The predicted octanol–water partition coefficient (Wildman–Crippen LogP) is 9.14. The number of rotatable bonds is 1. The van der Waals surface area contributed by atoms with Crippen LogP contribution in [0.4, 0.5) is 0 Å². The molecule has 0 saturated heterocycles. The second-order valence-corrected chi connectivity index (χ2v) is 13.4. The number of nitrogens with zero attached hydrogens (tertiary/aromatic N) is 1. The molecule has 0 radical (unpaired) electrons. The Labute approximate surface area is 226 Å². The van der Waals surface area contributed by atoms with Crippen LogP contribution in [0.15, 0.2) is 66.2 Å². The summed E-state index contributed by atoms with van der Waals surface area (Å²) in [5, 5.41) is 7.69. The van der Waals surface area contributed by atoms with E-state index in [0.717, 1.165) is 30.6 Å². The first-order chi connectivity index (χ1) is 18.6. The number of allylic oxidation sites excluding steroid dienone is 1. The maximum absolute atomic E-state index is 13.1. The number of pyridine rings is 1. The van der Waals surface area contributed by atoms with Crippen molar-refractivity contribution in [3.8, 4) is 0 Å². The molecule has 2 fully saturated rings. The maximum atomic E-state index is 13.1.